The summed E-state index contributed by atoms with van der Waals surface area (Å²) in [5.74, 6) is -0.414. The predicted octanol–water partition coefficient (Wildman–Crippen LogP) is 1.90. The summed E-state index contributed by atoms with van der Waals surface area (Å²) < 4.78 is 39.3. The number of ether oxygens (including phenoxy) is 2. The van der Waals surface area contributed by atoms with Crippen LogP contribution in [0.15, 0.2) is 23.1 Å². The van der Waals surface area contributed by atoms with Crippen molar-refractivity contribution < 1.29 is 22.7 Å². The SMILES string of the molecule is COCCN1CCC[C@H](n2nc(C(=O)N3CCOCC3)c3c2-c2cccc(C)c2S(=O)(=O)C3)C1. The second kappa shape index (κ2) is 9.41. The first-order chi connectivity index (χ1) is 16.4. The molecular weight excluding hydrogens is 456 g/mol. The van der Waals surface area contributed by atoms with Crippen LogP contribution in [0.5, 0.6) is 0 Å². The van der Waals surface area contributed by atoms with Crippen molar-refractivity contribution >= 4 is 15.7 Å². The maximum Gasteiger partial charge on any atom is 0.274 e. The molecule has 0 radical (unpaired) electrons. The van der Waals surface area contributed by atoms with Crippen molar-refractivity contribution in [3.63, 3.8) is 0 Å². The van der Waals surface area contributed by atoms with Crippen LogP contribution in [-0.4, -0.2) is 93.6 Å². The Kier molecular flexibility index (Phi) is 6.49. The Bertz CT molecular complexity index is 1190. The number of piperidine rings is 1. The Hall–Kier alpha value is -2.27. The van der Waals surface area contributed by atoms with Gasteiger partial charge in [-0.05, 0) is 31.9 Å². The van der Waals surface area contributed by atoms with E-state index in [-0.39, 0.29) is 23.4 Å². The number of carbonyl (C=O) groups is 1. The molecule has 2 saturated heterocycles. The largest absolute Gasteiger partial charge is 0.383 e. The normalized spacial score (nSPS) is 22.3. The van der Waals surface area contributed by atoms with Crippen molar-refractivity contribution in [2.45, 2.75) is 36.5 Å². The fourth-order valence-electron chi connectivity index (χ4n) is 5.41. The number of rotatable bonds is 5. The second-order valence-corrected chi connectivity index (χ2v) is 11.3. The molecule has 1 atom stereocenters. The molecule has 1 amide bonds. The molecule has 3 aliphatic heterocycles. The Morgan fingerprint density at radius 1 is 1.24 bits per heavy atom. The molecule has 1 aromatic heterocycles. The van der Waals surface area contributed by atoms with E-state index in [0.29, 0.717) is 48.9 Å². The molecule has 0 unspecified atom stereocenters. The minimum absolute atomic E-state index is 0.0553. The minimum Gasteiger partial charge on any atom is -0.383 e. The zero-order valence-electron chi connectivity index (χ0n) is 19.8. The molecule has 10 heteroatoms. The van der Waals surface area contributed by atoms with Crippen LogP contribution in [0.3, 0.4) is 0 Å². The average molecular weight is 489 g/mol. The number of hydrogen-bond donors (Lipinski definition) is 0. The summed E-state index contributed by atoms with van der Waals surface area (Å²) in [5.41, 5.74) is 2.96. The van der Waals surface area contributed by atoms with Gasteiger partial charge in [0.25, 0.3) is 5.91 Å². The van der Waals surface area contributed by atoms with E-state index in [0.717, 1.165) is 43.7 Å². The van der Waals surface area contributed by atoms with Gasteiger partial charge >= 0.3 is 0 Å². The second-order valence-electron chi connectivity index (χ2n) is 9.33. The van der Waals surface area contributed by atoms with E-state index in [1.807, 2.05) is 29.8 Å². The smallest absolute Gasteiger partial charge is 0.274 e. The molecule has 0 N–H and O–H groups in total. The molecule has 2 aromatic rings. The van der Waals surface area contributed by atoms with Crippen LogP contribution in [0.2, 0.25) is 0 Å². The summed E-state index contributed by atoms with van der Waals surface area (Å²) in [6.07, 6.45) is 1.94. The number of amides is 1. The van der Waals surface area contributed by atoms with Crippen molar-refractivity contribution in [2.24, 2.45) is 0 Å². The molecule has 4 heterocycles. The van der Waals surface area contributed by atoms with E-state index >= 15 is 0 Å². The van der Waals surface area contributed by atoms with E-state index in [1.165, 1.54) is 0 Å². The first-order valence-electron chi connectivity index (χ1n) is 11.9. The van der Waals surface area contributed by atoms with Gasteiger partial charge in [0.05, 0.1) is 42.2 Å². The van der Waals surface area contributed by atoms with Crippen LogP contribution in [0.1, 0.15) is 40.5 Å². The number of nitrogens with zero attached hydrogens (tertiary/aromatic N) is 4. The van der Waals surface area contributed by atoms with E-state index in [1.54, 1.807) is 12.0 Å². The van der Waals surface area contributed by atoms with Gasteiger partial charge in [-0.2, -0.15) is 5.10 Å². The van der Waals surface area contributed by atoms with Crippen LogP contribution in [-0.2, 0) is 25.1 Å². The number of aryl methyl sites for hydroxylation is 1. The highest BCUT2D eigenvalue weighted by Crippen LogP contribution is 2.43. The van der Waals surface area contributed by atoms with Crippen molar-refractivity contribution in [1.82, 2.24) is 19.6 Å². The summed E-state index contributed by atoms with van der Waals surface area (Å²) in [4.78, 5) is 18.0. The zero-order valence-corrected chi connectivity index (χ0v) is 20.6. The zero-order chi connectivity index (χ0) is 23.9. The Morgan fingerprint density at radius 2 is 2.03 bits per heavy atom. The number of aromatic nitrogens is 2. The maximum absolute atomic E-state index is 13.5. The van der Waals surface area contributed by atoms with Gasteiger partial charge in [-0.3, -0.25) is 14.4 Å². The van der Waals surface area contributed by atoms with Crippen LogP contribution >= 0.6 is 0 Å². The van der Waals surface area contributed by atoms with Crippen LogP contribution in [0, 0.1) is 6.92 Å². The molecule has 0 bridgehead atoms. The number of likely N-dealkylation sites (tertiary alicyclic amines) is 1. The molecule has 0 saturated carbocycles. The van der Waals surface area contributed by atoms with Crippen LogP contribution in [0.4, 0.5) is 0 Å². The predicted molar refractivity (Wildman–Crippen MR) is 127 cm³/mol. The molecule has 1 aromatic carbocycles. The van der Waals surface area contributed by atoms with Crippen LogP contribution < -0.4 is 0 Å². The van der Waals surface area contributed by atoms with Crippen LogP contribution in [0.25, 0.3) is 11.3 Å². The van der Waals surface area contributed by atoms with Gasteiger partial charge < -0.3 is 14.4 Å². The molecule has 184 valence electrons. The Labute approximate surface area is 200 Å². The van der Waals surface area contributed by atoms with Gasteiger partial charge in [0.2, 0.25) is 0 Å². The van der Waals surface area contributed by atoms with Gasteiger partial charge in [-0.15, -0.1) is 0 Å². The molecule has 0 spiro atoms. The first kappa shape index (κ1) is 23.5. The lowest BCUT2D eigenvalue weighted by Gasteiger charge is -2.34. The third-order valence-corrected chi connectivity index (χ3v) is 8.89. The molecule has 0 aliphatic carbocycles. The number of hydrogen-bond acceptors (Lipinski definition) is 7. The van der Waals surface area contributed by atoms with Gasteiger partial charge in [-0.1, -0.05) is 18.2 Å². The quantitative estimate of drug-likeness (QED) is 0.635. The molecule has 3 aliphatic rings. The average Bonchev–Trinajstić information content (AvgIpc) is 3.21. The highest BCUT2D eigenvalue weighted by molar-refractivity contribution is 7.91. The van der Waals surface area contributed by atoms with E-state index < -0.39 is 9.84 Å². The standard InChI is InChI=1S/C24H32N4O5S/c1-17-5-3-7-19-22-20(16-34(30,31)23(17)19)21(24(29)27-10-13-33-14-11-27)25-28(22)18-6-4-8-26(15-18)9-12-32-2/h3,5,7,18H,4,6,8-16H2,1-2H3/t18-/m0/s1. The lowest BCUT2D eigenvalue weighted by atomic mass is 10.0. The van der Waals surface area contributed by atoms with Gasteiger partial charge in [0.1, 0.15) is 0 Å². The fourth-order valence-corrected chi connectivity index (χ4v) is 7.27. The number of fused-ring (bicyclic) bond motifs is 3. The monoisotopic (exact) mass is 488 g/mol. The number of carbonyl (C=O) groups excluding carboxylic acids is 1. The minimum atomic E-state index is -3.59. The van der Waals surface area contributed by atoms with Gasteiger partial charge in [0, 0.05) is 44.4 Å². The number of sulfone groups is 1. The van der Waals surface area contributed by atoms with Crippen molar-refractivity contribution in [3.8, 4) is 11.3 Å². The highest BCUT2D eigenvalue weighted by Gasteiger charge is 2.39. The topological polar surface area (TPSA) is 94.0 Å². The first-order valence-corrected chi connectivity index (χ1v) is 13.6. The molecule has 34 heavy (non-hydrogen) atoms. The van der Waals surface area contributed by atoms with E-state index in [2.05, 4.69) is 4.90 Å². The Balaban J connectivity index is 1.63. The van der Waals surface area contributed by atoms with Crippen molar-refractivity contribution in [3.05, 3.63) is 35.0 Å². The summed E-state index contributed by atoms with van der Waals surface area (Å²) in [5, 5.41) is 4.86. The highest BCUT2D eigenvalue weighted by atomic mass is 32.2. The van der Waals surface area contributed by atoms with E-state index in [9.17, 15) is 13.2 Å². The third-order valence-electron chi connectivity index (χ3n) is 7.06. The summed E-state index contributed by atoms with van der Waals surface area (Å²) in [6.45, 7) is 7.02. The maximum atomic E-state index is 13.5. The van der Waals surface area contributed by atoms with Gasteiger partial charge in [0.15, 0.2) is 15.5 Å². The lowest BCUT2D eigenvalue weighted by Crippen LogP contribution is -2.41. The summed E-state index contributed by atoms with van der Waals surface area (Å²) in [6, 6.07) is 5.62. The van der Waals surface area contributed by atoms with Gasteiger partial charge in [-0.25, -0.2) is 8.42 Å². The van der Waals surface area contributed by atoms with E-state index in [4.69, 9.17) is 14.6 Å². The molecular formula is C24H32N4O5S. The fraction of sp³-hybridized carbons (Fsp3) is 0.583. The molecule has 9 nitrogen and oxygen atoms in total. The van der Waals surface area contributed by atoms with Crippen molar-refractivity contribution in [2.75, 3.05) is 59.7 Å². The lowest BCUT2D eigenvalue weighted by molar-refractivity contribution is 0.0297. The summed E-state index contributed by atoms with van der Waals surface area (Å²) >= 11 is 0. The number of methoxy groups -OCH3 is 1. The van der Waals surface area contributed by atoms with Crippen molar-refractivity contribution in [1.29, 1.82) is 0 Å². The summed E-state index contributed by atoms with van der Waals surface area (Å²) in [7, 11) is -1.89. The third kappa shape index (κ3) is 4.17. The number of morpholine rings is 1. The molecule has 5 rings (SSSR count). The molecule has 2 fully saturated rings. The Morgan fingerprint density at radius 3 is 2.79 bits per heavy atom. The number of benzene rings is 1.